The van der Waals surface area contributed by atoms with Crippen LogP contribution in [0.15, 0.2) is 12.4 Å². The third-order valence-electron chi connectivity index (χ3n) is 3.60. The van der Waals surface area contributed by atoms with Crippen molar-refractivity contribution in [2.24, 2.45) is 0 Å². The summed E-state index contributed by atoms with van der Waals surface area (Å²) in [5.41, 5.74) is 1.43. The lowest BCUT2D eigenvalue weighted by molar-refractivity contribution is 0.289. The van der Waals surface area contributed by atoms with Crippen LogP contribution < -0.4 is 5.32 Å². The van der Waals surface area contributed by atoms with Crippen LogP contribution in [-0.2, 0) is 0 Å². The normalized spacial score (nSPS) is 27.9. The predicted octanol–water partition coefficient (Wildman–Crippen LogP) is 1.68. The zero-order valence-corrected chi connectivity index (χ0v) is 8.45. The van der Waals surface area contributed by atoms with Gasteiger partial charge in [0.25, 0.3) is 0 Å². The molecular weight excluding hydrogens is 174 g/mol. The van der Waals surface area contributed by atoms with Crippen LogP contribution in [0.4, 0.5) is 0 Å². The topological polar surface area (TPSA) is 29.9 Å². The highest BCUT2D eigenvalue weighted by atomic mass is 15.3. The summed E-state index contributed by atoms with van der Waals surface area (Å²) in [6.07, 6.45) is 9.63. The first kappa shape index (κ1) is 8.48. The summed E-state index contributed by atoms with van der Waals surface area (Å²) in [5, 5.41) is 7.87. The van der Waals surface area contributed by atoms with Gasteiger partial charge in [0.1, 0.15) is 0 Å². The molecule has 14 heavy (non-hydrogen) atoms. The molecule has 3 heteroatoms. The first-order valence-corrected chi connectivity index (χ1v) is 5.68. The van der Waals surface area contributed by atoms with Gasteiger partial charge >= 0.3 is 0 Å². The SMILES string of the molecule is c1nn(C2CCC2)cc1C1CCNC1. The van der Waals surface area contributed by atoms with E-state index >= 15 is 0 Å². The molecule has 1 aliphatic carbocycles. The van der Waals surface area contributed by atoms with E-state index < -0.39 is 0 Å². The van der Waals surface area contributed by atoms with Crippen molar-refractivity contribution in [3.8, 4) is 0 Å². The maximum Gasteiger partial charge on any atom is 0.0525 e. The average Bonchev–Trinajstić information content (AvgIpc) is 2.65. The molecule has 0 radical (unpaired) electrons. The van der Waals surface area contributed by atoms with E-state index in [1.807, 2.05) is 0 Å². The highest BCUT2D eigenvalue weighted by Gasteiger charge is 2.22. The van der Waals surface area contributed by atoms with Crippen LogP contribution in [0.1, 0.15) is 43.2 Å². The molecule has 2 fully saturated rings. The summed E-state index contributed by atoms with van der Waals surface area (Å²) in [6, 6.07) is 0.707. The van der Waals surface area contributed by atoms with Gasteiger partial charge in [0.05, 0.1) is 12.2 Å². The van der Waals surface area contributed by atoms with Crippen molar-refractivity contribution in [1.29, 1.82) is 0 Å². The van der Waals surface area contributed by atoms with Gasteiger partial charge in [-0.15, -0.1) is 0 Å². The van der Waals surface area contributed by atoms with Crippen molar-refractivity contribution >= 4 is 0 Å². The van der Waals surface area contributed by atoms with Crippen LogP contribution in [0, 0.1) is 0 Å². The Morgan fingerprint density at radius 1 is 1.36 bits per heavy atom. The minimum absolute atomic E-state index is 0.707. The zero-order chi connectivity index (χ0) is 9.38. The Balaban J connectivity index is 1.75. The van der Waals surface area contributed by atoms with E-state index in [1.54, 1.807) is 0 Å². The molecule has 1 atom stereocenters. The maximum atomic E-state index is 4.47. The van der Waals surface area contributed by atoms with E-state index in [-0.39, 0.29) is 0 Å². The maximum absolute atomic E-state index is 4.47. The number of nitrogens with one attached hydrogen (secondary N) is 1. The van der Waals surface area contributed by atoms with Crippen LogP contribution in [0.3, 0.4) is 0 Å². The van der Waals surface area contributed by atoms with E-state index in [9.17, 15) is 0 Å². The molecule has 3 rings (SSSR count). The van der Waals surface area contributed by atoms with Crippen molar-refractivity contribution in [3.05, 3.63) is 18.0 Å². The third kappa shape index (κ3) is 1.36. The monoisotopic (exact) mass is 191 g/mol. The van der Waals surface area contributed by atoms with E-state index in [1.165, 1.54) is 37.8 Å². The molecule has 1 saturated carbocycles. The Labute approximate surface area is 84.5 Å². The number of nitrogens with zero attached hydrogens (tertiary/aromatic N) is 2. The molecule has 1 unspecified atom stereocenters. The molecule has 1 aromatic heterocycles. The van der Waals surface area contributed by atoms with Gasteiger partial charge in [-0.2, -0.15) is 5.10 Å². The molecule has 0 amide bonds. The first-order chi connectivity index (χ1) is 6.93. The van der Waals surface area contributed by atoms with Crippen LogP contribution in [0.2, 0.25) is 0 Å². The average molecular weight is 191 g/mol. The standard InChI is InChI=1S/C11H17N3/c1-2-11(3-1)14-8-10(7-13-14)9-4-5-12-6-9/h7-9,11-12H,1-6H2. The van der Waals surface area contributed by atoms with Crippen LogP contribution >= 0.6 is 0 Å². The molecule has 3 nitrogen and oxygen atoms in total. The van der Waals surface area contributed by atoms with Crippen molar-refractivity contribution < 1.29 is 0 Å². The molecule has 76 valence electrons. The first-order valence-electron chi connectivity index (χ1n) is 5.68. The number of aromatic nitrogens is 2. The van der Waals surface area contributed by atoms with E-state index in [4.69, 9.17) is 0 Å². The van der Waals surface area contributed by atoms with Gasteiger partial charge in [-0.25, -0.2) is 0 Å². The van der Waals surface area contributed by atoms with Crippen molar-refractivity contribution in [3.63, 3.8) is 0 Å². The molecule has 0 spiro atoms. The van der Waals surface area contributed by atoms with Gasteiger partial charge in [-0.1, -0.05) is 0 Å². The molecule has 1 saturated heterocycles. The minimum Gasteiger partial charge on any atom is -0.316 e. The second-order valence-electron chi connectivity index (χ2n) is 4.53. The minimum atomic E-state index is 0.707. The molecule has 1 aromatic rings. The zero-order valence-electron chi connectivity index (χ0n) is 8.45. The summed E-state index contributed by atoms with van der Waals surface area (Å²) >= 11 is 0. The number of hydrogen-bond donors (Lipinski definition) is 1. The molecule has 0 bridgehead atoms. The second-order valence-corrected chi connectivity index (χ2v) is 4.53. The van der Waals surface area contributed by atoms with Crippen LogP contribution in [-0.4, -0.2) is 22.9 Å². The van der Waals surface area contributed by atoms with Crippen LogP contribution in [0.5, 0.6) is 0 Å². The highest BCUT2D eigenvalue weighted by Crippen LogP contribution is 2.32. The third-order valence-corrected chi connectivity index (χ3v) is 3.60. The Morgan fingerprint density at radius 3 is 2.93 bits per heavy atom. The summed E-state index contributed by atoms with van der Waals surface area (Å²) < 4.78 is 2.18. The van der Waals surface area contributed by atoms with Gasteiger partial charge in [-0.05, 0) is 37.8 Å². The summed E-state index contributed by atoms with van der Waals surface area (Å²) in [7, 11) is 0. The second kappa shape index (κ2) is 3.39. The fourth-order valence-electron chi connectivity index (χ4n) is 2.35. The Hall–Kier alpha value is -0.830. The Morgan fingerprint density at radius 2 is 2.29 bits per heavy atom. The molecule has 1 N–H and O–H groups in total. The predicted molar refractivity (Wildman–Crippen MR) is 55.3 cm³/mol. The summed E-state index contributed by atoms with van der Waals surface area (Å²) in [6.45, 7) is 2.30. The molecule has 2 aliphatic rings. The number of rotatable bonds is 2. The quantitative estimate of drug-likeness (QED) is 0.771. The number of hydrogen-bond acceptors (Lipinski definition) is 2. The van der Waals surface area contributed by atoms with E-state index in [0.29, 0.717) is 12.0 Å². The van der Waals surface area contributed by atoms with Gasteiger partial charge in [0, 0.05) is 18.7 Å². The largest absolute Gasteiger partial charge is 0.316 e. The molecular formula is C11H17N3. The highest BCUT2D eigenvalue weighted by molar-refractivity contribution is 5.14. The lowest BCUT2D eigenvalue weighted by Crippen LogP contribution is -2.17. The van der Waals surface area contributed by atoms with Gasteiger partial charge < -0.3 is 5.32 Å². The summed E-state index contributed by atoms with van der Waals surface area (Å²) in [4.78, 5) is 0. The van der Waals surface area contributed by atoms with Crippen molar-refractivity contribution in [2.75, 3.05) is 13.1 Å². The Kier molecular flexibility index (Phi) is 2.05. The molecule has 0 aromatic carbocycles. The van der Waals surface area contributed by atoms with Crippen molar-refractivity contribution in [2.45, 2.75) is 37.6 Å². The lowest BCUT2D eigenvalue weighted by Gasteiger charge is -2.25. The van der Waals surface area contributed by atoms with E-state index in [0.717, 1.165) is 6.54 Å². The van der Waals surface area contributed by atoms with Gasteiger partial charge in [0.15, 0.2) is 0 Å². The van der Waals surface area contributed by atoms with Gasteiger partial charge in [-0.3, -0.25) is 4.68 Å². The molecule has 1 aliphatic heterocycles. The van der Waals surface area contributed by atoms with E-state index in [2.05, 4.69) is 27.5 Å². The lowest BCUT2D eigenvalue weighted by atomic mass is 9.93. The summed E-state index contributed by atoms with van der Waals surface area (Å²) in [5.74, 6) is 0.712. The molecule has 2 heterocycles. The fraction of sp³-hybridized carbons (Fsp3) is 0.727. The Bertz CT molecular complexity index is 308. The van der Waals surface area contributed by atoms with Gasteiger partial charge in [0.2, 0.25) is 0 Å². The smallest absolute Gasteiger partial charge is 0.0525 e. The van der Waals surface area contributed by atoms with Crippen LogP contribution in [0.25, 0.3) is 0 Å². The fourth-order valence-corrected chi connectivity index (χ4v) is 2.35. The van der Waals surface area contributed by atoms with Crippen molar-refractivity contribution in [1.82, 2.24) is 15.1 Å².